The lowest BCUT2D eigenvalue weighted by atomic mass is 9.99. The van der Waals surface area contributed by atoms with Crippen molar-refractivity contribution in [3.05, 3.63) is 120 Å². The van der Waals surface area contributed by atoms with E-state index in [1.807, 2.05) is 12.1 Å². The van der Waals surface area contributed by atoms with E-state index in [4.69, 9.17) is 18.9 Å². The van der Waals surface area contributed by atoms with E-state index in [0.29, 0.717) is 34.1 Å². The molecule has 0 saturated heterocycles. The van der Waals surface area contributed by atoms with Crippen LogP contribution in [0.25, 0.3) is 0 Å². The predicted molar refractivity (Wildman–Crippen MR) is 170 cm³/mol. The number of ether oxygens (including phenoxy) is 4. The number of para-hydroxylation sites is 4. The summed E-state index contributed by atoms with van der Waals surface area (Å²) < 4.78 is 24.2. The standard InChI is InChI=1S/C36H34N2O8/c39-35(40)33(45-25-13-3-1-4-14-25)31-27-17-7-9-19-29(27)43-23-24-44-30-20-10-8-18-28(30)32(38-22-12-11-21-37-31)34(36(41)42)46-26-15-5-2-6-16-26/h1-10,13-20,31-34,37-38H,21-24H2,(H,39,40)(H,41,42)/t31-,32-,33+,34+/m1/s1. The largest absolute Gasteiger partial charge is 0.490 e. The number of rotatable bonds is 8. The van der Waals surface area contributed by atoms with Gasteiger partial charge in [0.05, 0.1) is 25.2 Å². The minimum atomic E-state index is -1.31. The van der Waals surface area contributed by atoms with Crippen LogP contribution in [-0.2, 0) is 9.59 Å². The molecular formula is C36H34N2O8. The van der Waals surface area contributed by atoms with Gasteiger partial charge in [-0.05, 0) is 36.4 Å². The summed E-state index contributed by atoms with van der Waals surface area (Å²) in [5.41, 5.74) is 1.17. The van der Waals surface area contributed by atoms with Crippen LogP contribution in [0.2, 0.25) is 0 Å². The number of fused-ring (bicyclic) bond motifs is 2. The highest BCUT2D eigenvalue weighted by Crippen LogP contribution is 2.32. The normalized spacial score (nSPS) is 18.0. The molecule has 1 aliphatic rings. The van der Waals surface area contributed by atoms with Crippen LogP contribution in [0.4, 0.5) is 0 Å². The molecule has 5 rings (SSSR count). The lowest BCUT2D eigenvalue weighted by Crippen LogP contribution is -2.42. The summed E-state index contributed by atoms with van der Waals surface area (Å²) >= 11 is 0. The van der Waals surface area contributed by atoms with Crippen molar-refractivity contribution in [1.29, 1.82) is 0 Å². The molecule has 0 bridgehead atoms. The molecule has 0 fully saturated rings. The maximum absolute atomic E-state index is 12.5. The molecule has 4 aromatic rings. The number of hydrogen-bond acceptors (Lipinski definition) is 8. The Kier molecular flexibility index (Phi) is 11.1. The maximum atomic E-state index is 12.5. The van der Waals surface area contributed by atoms with Gasteiger partial charge < -0.3 is 29.2 Å². The number of carboxylic acid groups (broad SMARTS) is 2. The first kappa shape index (κ1) is 31.9. The highest BCUT2D eigenvalue weighted by molar-refractivity contribution is 5.75. The Labute approximate surface area is 266 Å². The molecule has 1 aliphatic heterocycles. The average molecular weight is 623 g/mol. The first-order chi connectivity index (χ1) is 22.5. The summed E-state index contributed by atoms with van der Waals surface area (Å²) in [6, 6.07) is 30.1. The number of nitrogens with one attached hydrogen (secondary N) is 2. The van der Waals surface area contributed by atoms with Crippen molar-refractivity contribution in [2.24, 2.45) is 0 Å². The fourth-order valence-corrected chi connectivity index (χ4v) is 5.06. The topological polar surface area (TPSA) is 136 Å². The minimum absolute atomic E-state index is 0.107. The van der Waals surface area contributed by atoms with Crippen LogP contribution in [0.5, 0.6) is 23.0 Å². The Morgan fingerprint density at radius 3 is 1.37 bits per heavy atom. The van der Waals surface area contributed by atoms with Gasteiger partial charge in [0.2, 0.25) is 12.2 Å². The Morgan fingerprint density at radius 1 is 0.609 bits per heavy atom. The van der Waals surface area contributed by atoms with Crippen LogP contribution in [0.1, 0.15) is 23.2 Å². The smallest absolute Gasteiger partial charge is 0.346 e. The lowest BCUT2D eigenvalue weighted by molar-refractivity contribution is -0.147. The molecule has 4 aromatic carbocycles. The highest BCUT2D eigenvalue weighted by Gasteiger charge is 2.35. The number of aliphatic carboxylic acids is 2. The van der Waals surface area contributed by atoms with Crippen LogP contribution in [0, 0.1) is 11.8 Å². The van der Waals surface area contributed by atoms with E-state index in [9.17, 15) is 19.8 Å². The van der Waals surface area contributed by atoms with Gasteiger partial charge in [-0.3, -0.25) is 10.6 Å². The van der Waals surface area contributed by atoms with Crippen molar-refractivity contribution in [1.82, 2.24) is 10.6 Å². The summed E-state index contributed by atoms with van der Waals surface area (Å²) in [6.45, 7) is 0.456. The Bertz CT molecular complexity index is 1530. The highest BCUT2D eigenvalue weighted by atomic mass is 16.5. The van der Waals surface area contributed by atoms with Gasteiger partial charge in [0, 0.05) is 11.1 Å². The van der Waals surface area contributed by atoms with Gasteiger partial charge in [-0.15, -0.1) is 0 Å². The van der Waals surface area contributed by atoms with Gasteiger partial charge in [0.15, 0.2) is 0 Å². The minimum Gasteiger partial charge on any atom is -0.490 e. The molecule has 4 N–H and O–H groups in total. The molecule has 1 heterocycles. The summed E-state index contributed by atoms with van der Waals surface area (Å²) in [6.07, 6.45) is -2.63. The zero-order valence-corrected chi connectivity index (χ0v) is 24.9. The number of benzene rings is 4. The van der Waals surface area contributed by atoms with Gasteiger partial charge in [-0.2, -0.15) is 0 Å². The zero-order chi connectivity index (χ0) is 32.1. The van der Waals surface area contributed by atoms with Crippen molar-refractivity contribution in [2.75, 3.05) is 26.3 Å². The number of hydrogen-bond donors (Lipinski definition) is 4. The molecule has 236 valence electrons. The van der Waals surface area contributed by atoms with Crippen molar-refractivity contribution >= 4 is 11.9 Å². The van der Waals surface area contributed by atoms with Gasteiger partial charge in [-0.25, -0.2) is 9.59 Å². The van der Waals surface area contributed by atoms with E-state index in [1.165, 1.54) is 0 Å². The summed E-state index contributed by atoms with van der Waals surface area (Å²) in [5.74, 6) is 5.43. The molecule has 10 nitrogen and oxygen atoms in total. The summed E-state index contributed by atoms with van der Waals surface area (Å²) in [4.78, 5) is 25.1. The third kappa shape index (κ3) is 8.35. The SMILES string of the molecule is O=C(O)[C@@H](Oc1ccccc1)[C@@H]1NCC#CCN[C@@H]([C@H](Oc2ccccc2)C(=O)O)c2ccccc2OCCOc2ccccc21. The van der Waals surface area contributed by atoms with Crippen molar-refractivity contribution < 1.29 is 38.7 Å². The molecule has 10 heteroatoms. The fourth-order valence-electron chi connectivity index (χ4n) is 5.06. The van der Waals surface area contributed by atoms with Gasteiger partial charge in [0.25, 0.3) is 0 Å². The van der Waals surface area contributed by atoms with Gasteiger partial charge >= 0.3 is 11.9 Å². The quantitative estimate of drug-likeness (QED) is 0.208. The molecule has 0 aromatic heterocycles. The second-order valence-corrected chi connectivity index (χ2v) is 10.2. The van der Waals surface area contributed by atoms with Gasteiger partial charge in [-0.1, -0.05) is 84.6 Å². The Balaban J connectivity index is 1.46. The van der Waals surface area contributed by atoms with Crippen molar-refractivity contribution in [3.63, 3.8) is 0 Å². The number of carbonyl (C=O) groups is 2. The maximum Gasteiger partial charge on any atom is 0.346 e. The number of carboxylic acids is 2. The molecule has 0 amide bonds. The zero-order valence-electron chi connectivity index (χ0n) is 24.9. The van der Waals surface area contributed by atoms with Gasteiger partial charge in [0.1, 0.15) is 36.2 Å². The molecule has 0 radical (unpaired) electrons. The Morgan fingerprint density at radius 2 is 0.978 bits per heavy atom. The van der Waals surface area contributed by atoms with Crippen LogP contribution in [0.3, 0.4) is 0 Å². The first-order valence-corrected chi connectivity index (χ1v) is 14.8. The summed E-state index contributed by atoms with van der Waals surface area (Å²) in [5, 5.41) is 26.9. The van der Waals surface area contributed by atoms with Crippen LogP contribution >= 0.6 is 0 Å². The first-order valence-electron chi connectivity index (χ1n) is 14.8. The molecular weight excluding hydrogens is 588 g/mol. The van der Waals surface area contributed by atoms with E-state index >= 15 is 0 Å². The fraction of sp³-hybridized carbons (Fsp3) is 0.222. The van der Waals surface area contributed by atoms with E-state index < -0.39 is 36.2 Å². The van der Waals surface area contributed by atoms with E-state index in [0.717, 1.165) is 0 Å². The van der Waals surface area contributed by atoms with Crippen LogP contribution < -0.4 is 29.6 Å². The third-order valence-electron chi connectivity index (χ3n) is 7.16. The lowest BCUT2D eigenvalue weighted by Gasteiger charge is -2.28. The van der Waals surface area contributed by atoms with Crippen LogP contribution in [0.15, 0.2) is 109 Å². The molecule has 0 spiro atoms. The van der Waals surface area contributed by atoms with Crippen molar-refractivity contribution in [2.45, 2.75) is 24.3 Å². The van der Waals surface area contributed by atoms with E-state index in [2.05, 4.69) is 22.5 Å². The molecule has 46 heavy (non-hydrogen) atoms. The average Bonchev–Trinajstić information content (AvgIpc) is 3.07. The molecule has 0 aliphatic carbocycles. The third-order valence-corrected chi connectivity index (χ3v) is 7.16. The van der Waals surface area contributed by atoms with E-state index in [-0.39, 0.29) is 26.3 Å². The molecule has 0 unspecified atom stereocenters. The molecule has 4 atom stereocenters. The van der Waals surface area contributed by atoms with E-state index in [1.54, 1.807) is 97.1 Å². The van der Waals surface area contributed by atoms with Crippen molar-refractivity contribution in [3.8, 4) is 34.8 Å². The van der Waals surface area contributed by atoms with Crippen LogP contribution in [-0.4, -0.2) is 60.7 Å². The predicted octanol–water partition coefficient (Wildman–Crippen LogP) is 4.49. The molecule has 0 saturated carbocycles. The Hall–Kier alpha value is -5.50. The second-order valence-electron chi connectivity index (χ2n) is 10.2. The summed E-state index contributed by atoms with van der Waals surface area (Å²) in [7, 11) is 0. The monoisotopic (exact) mass is 622 g/mol. The second kappa shape index (κ2) is 16.0.